The molecule has 0 spiro atoms. The summed E-state index contributed by atoms with van der Waals surface area (Å²) in [4.78, 5) is 19.0. The number of benzene rings is 1. The number of rotatable bonds is 3. The number of nitrogens with two attached hydrogens (primary N) is 1. The summed E-state index contributed by atoms with van der Waals surface area (Å²) in [5.74, 6) is 0.0277. The maximum atomic E-state index is 11.3. The minimum Gasteiger partial charge on any atom is -0.383 e. The molecule has 0 aliphatic rings. The molecule has 2 N–H and O–H groups in total. The van der Waals surface area contributed by atoms with E-state index in [1.807, 2.05) is 6.07 Å². The van der Waals surface area contributed by atoms with E-state index in [2.05, 4.69) is 9.97 Å². The fourth-order valence-electron chi connectivity index (χ4n) is 2.43. The Morgan fingerprint density at radius 1 is 1.12 bits per heavy atom. The van der Waals surface area contributed by atoms with Gasteiger partial charge in [0.25, 0.3) is 5.69 Å². The molecule has 3 rings (SSSR count). The summed E-state index contributed by atoms with van der Waals surface area (Å²) in [6.07, 6.45) is 3.21. The van der Waals surface area contributed by atoms with Gasteiger partial charge in [0.15, 0.2) is 0 Å². The van der Waals surface area contributed by atoms with E-state index in [-0.39, 0.29) is 17.1 Å². The number of para-hydroxylation sites is 1. The topological polar surface area (TPSA) is 119 Å². The van der Waals surface area contributed by atoms with Crippen LogP contribution in [0.4, 0.5) is 11.5 Å². The zero-order chi connectivity index (χ0) is 17.1. The third-order valence-electron chi connectivity index (χ3n) is 3.53. The lowest BCUT2D eigenvalue weighted by Crippen LogP contribution is -2.01. The number of aromatic nitrogens is 2. The molecule has 0 fully saturated rings. The summed E-state index contributed by atoms with van der Waals surface area (Å²) in [5, 5.41) is 20.7. The van der Waals surface area contributed by atoms with E-state index < -0.39 is 4.92 Å². The smallest absolute Gasteiger partial charge is 0.277 e. The van der Waals surface area contributed by atoms with Gasteiger partial charge in [0.05, 0.1) is 16.2 Å². The van der Waals surface area contributed by atoms with Crippen LogP contribution in [0.2, 0.25) is 0 Å². The third-order valence-corrected chi connectivity index (χ3v) is 3.53. The van der Waals surface area contributed by atoms with Crippen LogP contribution in [-0.2, 0) is 0 Å². The Hall–Kier alpha value is -3.79. The van der Waals surface area contributed by atoms with Gasteiger partial charge in [-0.3, -0.25) is 15.1 Å². The average molecular weight is 317 g/mol. The molecule has 0 unspecified atom stereocenters. The van der Waals surface area contributed by atoms with Crippen molar-refractivity contribution in [1.82, 2.24) is 9.97 Å². The van der Waals surface area contributed by atoms with Crippen molar-refractivity contribution in [1.29, 1.82) is 5.26 Å². The zero-order valence-electron chi connectivity index (χ0n) is 12.4. The monoisotopic (exact) mass is 317 g/mol. The molecule has 0 bridgehead atoms. The van der Waals surface area contributed by atoms with Crippen molar-refractivity contribution in [3.63, 3.8) is 0 Å². The van der Waals surface area contributed by atoms with Gasteiger partial charge in [-0.15, -0.1) is 0 Å². The third kappa shape index (κ3) is 2.64. The second-order valence-electron chi connectivity index (χ2n) is 4.94. The molecule has 0 aliphatic carbocycles. The quantitative estimate of drug-likeness (QED) is 0.585. The van der Waals surface area contributed by atoms with Gasteiger partial charge in [-0.1, -0.05) is 12.1 Å². The molecule has 0 amide bonds. The number of nitriles is 1. The van der Waals surface area contributed by atoms with Crippen molar-refractivity contribution in [2.24, 2.45) is 0 Å². The lowest BCUT2D eigenvalue weighted by atomic mass is 9.97. The molecule has 7 heteroatoms. The highest BCUT2D eigenvalue weighted by Gasteiger charge is 2.20. The number of nitro benzene ring substituents is 1. The number of nitrogens with zero attached hydrogens (tertiary/aromatic N) is 4. The highest BCUT2D eigenvalue weighted by atomic mass is 16.6. The van der Waals surface area contributed by atoms with Crippen LogP contribution in [0, 0.1) is 21.4 Å². The van der Waals surface area contributed by atoms with E-state index in [4.69, 9.17) is 5.73 Å². The largest absolute Gasteiger partial charge is 0.383 e. The Labute approximate surface area is 137 Å². The summed E-state index contributed by atoms with van der Waals surface area (Å²) >= 11 is 0. The van der Waals surface area contributed by atoms with Crippen LogP contribution >= 0.6 is 0 Å². The van der Waals surface area contributed by atoms with Crippen molar-refractivity contribution in [3.05, 3.63) is 70.5 Å². The van der Waals surface area contributed by atoms with Gasteiger partial charge >= 0.3 is 0 Å². The van der Waals surface area contributed by atoms with Crippen molar-refractivity contribution in [2.45, 2.75) is 0 Å². The van der Waals surface area contributed by atoms with Gasteiger partial charge in [0.2, 0.25) is 0 Å². The molecule has 3 aromatic rings. The first-order chi connectivity index (χ1) is 11.6. The van der Waals surface area contributed by atoms with E-state index >= 15 is 0 Å². The predicted octanol–water partition coefficient (Wildman–Crippen LogP) is 3.17. The summed E-state index contributed by atoms with van der Waals surface area (Å²) in [7, 11) is 0. The minimum absolute atomic E-state index is 0.0277. The zero-order valence-corrected chi connectivity index (χ0v) is 12.4. The summed E-state index contributed by atoms with van der Waals surface area (Å²) < 4.78 is 0. The maximum Gasteiger partial charge on any atom is 0.277 e. The Kier molecular flexibility index (Phi) is 3.87. The van der Waals surface area contributed by atoms with E-state index in [9.17, 15) is 15.4 Å². The highest BCUT2D eigenvalue weighted by molar-refractivity contribution is 5.84. The molecule has 0 atom stereocenters. The van der Waals surface area contributed by atoms with Crippen molar-refractivity contribution >= 4 is 11.5 Å². The Bertz CT molecular complexity index is 964. The first-order valence-corrected chi connectivity index (χ1v) is 6.96. The molecule has 0 aliphatic heterocycles. The van der Waals surface area contributed by atoms with Crippen LogP contribution in [-0.4, -0.2) is 14.9 Å². The fraction of sp³-hybridized carbons (Fsp3) is 0. The van der Waals surface area contributed by atoms with Crippen LogP contribution in [0.1, 0.15) is 5.56 Å². The first kappa shape index (κ1) is 15.1. The SMILES string of the molecule is N#Cc1c(-c2ccccc2[N+](=O)[O-])cc(-c2ccncc2)nc1N. The molecule has 7 nitrogen and oxygen atoms in total. The molecule has 24 heavy (non-hydrogen) atoms. The van der Waals surface area contributed by atoms with E-state index in [1.165, 1.54) is 6.07 Å². The number of anilines is 1. The van der Waals surface area contributed by atoms with Gasteiger partial charge in [-0.05, 0) is 24.3 Å². The van der Waals surface area contributed by atoms with Crippen molar-refractivity contribution in [3.8, 4) is 28.5 Å². The molecule has 2 aromatic heterocycles. The van der Waals surface area contributed by atoms with Crippen molar-refractivity contribution < 1.29 is 4.92 Å². The summed E-state index contributed by atoms with van der Waals surface area (Å²) in [6, 6.07) is 13.3. The molecule has 0 radical (unpaired) electrons. The summed E-state index contributed by atoms with van der Waals surface area (Å²) in [5.41, 5.74) is 7.90. The van der Waals surface area contributed by atoms with E-state index in [0.717, 1.165) is 5.56 Å². The predicted molar refractivity (Wildman–Crippen MR) is 88.7 cm³/mol. The van der Waals surface area contributed by atoms with Crippen LogP contribution in [0.3, 0.4) is 0 Å². The molecule has 0 saturated heterocycles. The Morgan fingerprint density at radius 3 is 2.50 bits per heavy atom. The molecule has 116 valence electrons. The standard InChI is InChI=1S/C17H11N5O2/c18-10-14-13(12-3-1-2-4-16(12)22(23)24)9-15(21-17(14)19)11-5-7-20-8-6-11/h1-9H,(H2,19,21). The number of hydrogen-bond donors (Lipinski definition) is 1. The number of hydrogen-bond acceptors (Lipinski definition) is 6. The lowest BCUT2D eigenvalue weighted by Gasteiger charge is -2.10. The Morgan fingerprint density at radius 2 is 1.83 bits per heavy atom. The van der Waals surface area contributed by atoms with Gasteiger partial charge < -0.3 is 5.73 Å². The summed E-state index contributed by atoms with van der Waals surface area (Å²) in [6.45, 7) is 0. The van der Waals surface area contributed by atoms with E-state index in [1.54, 1.807) is 48.8 Å². The highest BCUT2D eigenvalue weighted by Crippen LogP contribution is 2.35. The first-order valence-electron chi connectivity index (χ1n) is 6.96. The number of nitrogen functional groups attached to an aromatic ring is 1. The molecular formula is C17H11N5O2. The normalized spacial score (nSPS) is 10.1. The number of nitro groups is 1. The van der Waals surface area contributed by atoms with Gasteiger partial charge in [-0.2, -0.15) is 5.26 Å². The van der Waals surface area contributed by atoms with Crippen molar-refractivity contribution in [2.75, 3.05) is 5.73 Å². The van der Waals surface area contributed by atoms with Gasteiger partial charge in [0, 0.05) is 29.6 Å². The van der Waals surface area contributed by atoms with Gasteiger partial charge in [-0.25, -0.2) is 4.98 Å². The average Bonchev–Trinajstić information content (AvgIpc) is 2.61. The second kappa shape index (κ2) is 6.14. The fourth-order valence-corrected chi connectivity index (χ4v) is 2.43. The van der Waals surface area contributed by atoms with Crippen LogP contribution < -0.4 is 5.73 Å². The van der Waals surface area contributed by atoms with Crippen LogP contribution in [0.25, 0.3) is 22.4 Å². The minimum atomic E-state index is -0.487. The number of pyridine rings is 2. The molecule has 0 saturated carbocycles. The van der Waals surface area contributed by atoms with Crippen LogP contribution in [0.15, 0.2) is 54.9 Å². The second-order valence-corrected chi connectivity index (χ2v) is 4.94. The van der Waals surface area contributed by atoms with Crippen LogP contribution in [0.5, 0.6) is 0 Å². The Balaban J connectivity index is 2.30. The molecule has 1 aromatic carbocycles. The van der Waals surface area contributed by atoms with Gasteiger partial charge in [0.1, 0.15) is 17.5 Å². The maximum absolute atomic E-state index is 11.3. The molecular weight excluding hydrogens is 306 g/mol. The lowest BCUT2D eigenvalue weighted by molar-refractivity contribution is -0.384. The molecule has 2 heterocycles. The van der Waals surface area contributed by atoms with E-state index in [0.29, 0.717) is 16.8 Å².